The fourth-order valence-electron chi connectivity index (χ4n) is 2.75. The molecule has 0 bridgehead atoms. The number of amides is 2. The fraction of sp³-hybridized carbons (Fsp3) is 0.444. The van der Waals surface area contributed by atoms with Gasteiger partial charge in [0.05, 0.1) is 12.4 Å². The van der Waals surface area contributed by atoms with Crippen molar-refractivity contribution in [2.24, 2.45) is 0 Å². The molecule has 0 saturated carbocycles. The van der Waals surface area contributed by atoms with Crippen LogP contribution in [0.2, 0.25) is 0 Å². The lowest BCUT2D eigenvalue weighted by Crippen LogP contribution is -2.38. The minimum absolute atomic E-state index is 0.0109. The normalized spacial score (nSPS) is 17.9. The number of ether oxygens (including phenoxy) is 2. The second-order valence-corrected chi connectivity index (χ2v) is 6.23. The summed E-state index contributed by atoms with van der Waals surface area (Å²) in [5, 5.41) is 5.72. The molecule has 1 fully saturated rings. The molecule has 1 aliphatic rings. The Bertz CT molecular complexity index is 651. The van der Waals surface area contributed by atoms with Gasteiger partial charge in [0.2, 0.25) is 0 Å². The van der Waals surface area contributed by atoms with Gasteiger partial charge in [0, 0.05) is 37.3 Å². The molecule has 2 amide bonds. The molecule has 0 spiro atoms. The SMILES string of the molecule is C[C@@H](Cn1ccnc1)NC(=O)Nc1ccc(OC[C@@H]2CCCO2)cc1. The van der Waals surface area contributed by atoms with E-state index in [-0.39, 0.29) is 18.2 Å². The summed E-state index contributed by atoms with van der Waals surface area (Å²) in [6, 6.07) is 7.10. The molecule has 2 N–H and O–H groups in total. The van der Waals surface area contributed by atoms with E-state index in [9.17, 15) is 4.79 Å². The molecule has 2 atom stereocenters. The van der Waals surface area contributed by atoms with Crippen molar-refractivity contribution in [3.63, 3.8) is 0 Å². The van der Waals surface area contributed by atoms with Crippen LogP contribution < -0.4 is 15.4 Å². The van der Waals surface area contributed by atoms with Crippen molar-refractivity contribution in [1.82, 2.24) is 14.9 Å². The number of nitrogens with one attached hydrogen (secondary N) is 2. The first-order valence-electron chi connectivity index (χ1n) is 8.57. The Hall–Kier alpha value is -2.54. The topological polar surface area (TPSA) is 77.4 Å². The molecule has 134 valence electrons. The van der Waals surface area contributed by atoms with E-state index in [0.717, 1.165) is 30.9 Å². The first-order valence-corrected chi connectivity index (χ1v) is 8.57. The molecule has 1 aromatic heterocycles. The van der Waals surface area contributed by atoms with Crippen LogP contribution in [-0.4, -0.2) is 40.9 Å². The van der Waals surface area contributed by atoms with Crippen LogP contribution in [0.5, 0.6) is 5.75 Å². The molecule has 7 nitrogen and oxygen atoms in total. The number of benzene rings is 1. The molecule has 0 radical (unpaired) electrons. The van der Waals surface area contributed by atoms with Crippen LogP contribution in [0.25, 0.3) is 0 Å². The summed E-state index contributed by atoms with van der Waals surface area (Å²) in [7, 11) is 0. The molecule has 25 heavy (non-hydrogen) atoms. The lowest BCUT2D eigenvalue weighted by Gasteiger charge is -2.15. The second-order valence-electron chi connectivity index (χ2n) is 6.23. The average Bonchev–Trinajstić information content (AvgIpc) is 3.27. The molecular formula is C18H24N4O3. The number of hydrogen-bond acceptors (Lipinski definition) is 4. The lowest BCUT2D eigenvalue weighted by molar-refractivity contribution is 0.0679. The van der Waals surface area contributed by atoms with Gasteiger partial charge in [-0.25, -0.2) is 9.78 Å². The van der Waals surface area contributed by atoms with E-state index in [1.165, 1.54) is 0 Å². The molecule has 3 rings (SSSR count). The Morgan fingerprint density at radius 3 is 2.96 bits per heavy atom. The number of aromatic nitrogens is 2. The van der Waals surface area contributed by atoms with Gasteiger partial charge in [-0.05, 0) is 44.0 Å². The quantitative estimate of drug-likeness (QED) is 0.809. The largest absolute Gasteiger partial charge is 0.491 e. The first kappa shape index (κ1) is 17.3. The van der Waals surface area contributed by atoms with Crippen molar-refractivity contribution in [2.75, 3.05) is 18.5 Å². The van der Waals surface area contributed by atoms with Crippen LogP contribution >= 0.6 is 0 Å². The molecule has 0 unspecified atom stereocenters. The van der Waals surface area contributed by atoms with Gasteiger partial charge in [-0.3, -0.25) is 0 Å². The summed E-state index contributed by atoms with van der Waals surface area (Å²) in [4.78, 5) is 16.0. The summed E-state index contributed by atoms with van der Waals surface area (Å²) in [6.07, 6.45) is 7.66. The number of urea groups is 1. The minimum atomic E-state index is -0.236. The smallest absolute Gasteiger partial charge is 0.319 e. The Labute approximate surface area is 147 Å². The third-order valence-electron chi connectivity index (χ3n) is 3.99. The molecule has 1 aliphatic heterocycles. The molecular weight excluding hydrogens is 320 g/mol. The van der Waals surface area contributed by atoms with E-state index in [2.05, 4.69) is 15.6 Å². The maximum atomic E-state index is 12.0. The number of carbonyl (C=O) groups is 1. The first-order chi connectivity index (χ1) is 12.2. The zero-order chi connectivity index (χ0) is 17.5. The number of anilines is 1. The second kappa shape index (κ2) is 8.53. The van der Waals surface area contributed by atoms with Gasteiger partial charge < -0.3 is 24.7 Å². The minimum Gasteiger partial charge on any atom is -0.491 e. The van der Waals surface area contributed by atoms with Crippen molar-refractivity contribution in [2.45, 2.75) is 38.5 Å². The van der Waals surface area contributed by atoms with Crippen molar-refractivity contribution < 1.29 is 14.3 Å². The molecule has 7 heteroatoms. The van der Waals surface area contributed by atoms with Gasteiger partial charge in [0.15, 0.2) is 0 Å². The van der Waals surface area contributed by atoms with E-state index >= 15 is 0 Å². The average molecular weight is 344 g/mol. The number of carbonyl (C=O) groups excluding carboxylic acids is 1. The van der Waals surface area contributed by atoms with E-state index in [1.54, 1.807) is 12.5 Å². The van der Waals surface area contributed by atoms with Gasteiger partial charge in [-0.1, -0.05) is 0 Å². The monoisotopic (exact) mass is 344 g/mol. The predicted molar refractivity (Wildman–Crippen MR) is 94.8 cm³/mol. The van der Waals surface area contributed by atoms with E-state index in [0.29, 0.717) is 13.2 Å². The summed E-state index contributed by atoms with van der Waals surface area (Å²) < 4.78 is 13.2. The highest BCUT2D eigenvalue weighted by molar-refractivity contribution is 5.89. The van der Waals surface area contributed by atoms with E-state index in [1.807, 2.05) is 42.0 Å². The van der Waals surface area contributed by atoms with Crippen molar-refractivity contribution in [3.8, 4) is 5.75 Å². The van der Waals surface area contributed by atoms with Gasteiger partial charge in [-0.2, -0.15) is 0 Å². The van der Waals surface area contributed by atoms with Gasteiger partial charge in [0.1, 0.15) is 12.4 Å². The summed E-state index contributed by atoms with van der Waals surface area (Å²) in [6.45, 7) is 4.01. The third kappa shape index (κ3) is 5.49. The molecule has 2 aromatic rings. The van der Waals surface area contributed by atoms with Crippen LogP contribution in [0.3, 0.4) is 0 Å². The Balaban J connectivity index is 1.41. The fourth-order valence-corrected chi connectivity index (χ4v) is 2.75. The van der Waals surface area contributed by atoms with Gasteiger partial charge in [0.25, 0.3) is 0 Å². The van der Waals surface area contributed by atoms with Crippen molar-refractivity contribution in [1.29, 1.82) is 0 Å². The van der Waals surface area contributed by atoms with Crippen LogP contribution in [-0.2, 0) is 11.3 Å². The maximum absolute atomic E-state index is 12.0. The highest BCUT2D eigenvalue weighted by Crippen LogP contribution is 2.18. The Morgan fingerprint density at radius 1 is 1.44 bits per heavy atom. The van der Waals surface area contributed by atoms with E-state index in [4.69, 9.17) is 9.47 Å². The number of imidazole rings is 1. The van der Waals surface area contributed by atoms with Crippen LogP contribution in [0.15, 0.2) is 43.0 Å². The van der Waals surface area contributed by atoms with Gasteiger partial charge >= 0.3 is 6.03 Å². The highest BCUT2D eigenvalue weighted by Gasteiger charge is 2.16. The Kier molecular flexibility index (Phi) is 5.90. The maximum Gasteiger partial charge on any atom is 0.319 e. The molecule has 1 saturated heterocycles. The van der Waals surface area contributed by atoms with Crippen LogP contribution in [0.1, 0.15) is 19.8 Å². The predicted octanol–water partition coefficient (Wildman–Crippen LogP) is 2.65. The number of nitrogens with zero attached hydrogens (tertiary/aromatic N) is 2. The summed E-state index contributed by atoms with van der Waals surface area (Å²) in [5.74, 6) is 0.773. The standard InChI is InChI=1S/C18H24N4O3/c1-14(11-22-9-8-19-13-22)20-18(23)21-15-4-6-16(7-5-15)25-12-17-3-2-10-24-17/h4-9,13-14,17H,2-3,10-12H2,1H3,(H2,20,21,23)/t14-,17-/m0/s1. The van der Waals surface area contributed by atoms with E-state index < -0.39 is 0 Å². The molecule has 0 aliphatic carbocycles. The number of rotatable bonds is 7. The van der Waals surface area contributed by atoms with Crippen LogP contribution in [0, 0.1) is 0 Å². The summed E-state index contributed by atoms with van der Waals surface area (Å²) in [5.41, 5.74) is 0.719. The Morgan fingerprint density at radius 2 is 2.28 bits per heavy atom. The van der Waals surface area contributed by atoms with Crippen molar-refractivity contribution in [3.05, 3.63) is 43.0 Å². The lowest BCUT2D eigenvalue weighted by atomic mass is 10.2. The molecule has 1 aromatic carbocycles. The van der Waals surface area contributed by atoms with Crippen LogP contribution in [0.4, 0.5) is 10.5 Å². The number of hydrogen-bond donors (Lipinski definition) is 2. The highest BCUT2D eigenvalue weighted by atomic mass is 16.5. The zero-order valence-corrected chi connectivity index (χ0v) is 14.4. The van der Waals surface area contributed by atoms with Crippen molar-refractivity contribution >= 4 is 11.7 Å². The third-order valence-corrected chi connectivity index (χ3v) is 3.99. The molecule has 2 heterocycles. The summed E-state index contributed by atoms with van der Waals surface area (Å²) >= 11 is 0. The zero-order valence-electron chi connectivity index (χ0n) is 14.4. The van der Waals surface area contributed by atoms with Gasteiger partial charge in [-0.15, -0.1) is 0 Å².